The molecule has 11 heteroatoms. The summed E-state index contributed by atoms with van der Waals surface area (Å²) >= 11 is 0. The Morgan fingerprint density at radius 1 is 1.00 bits per heavy atom. The molecule has 0 saturated carbocycles. The molecule has 0 bridgehead atoms. The first-order chi connectivity index (χ1) is 14.3. The Morgan fingerprint density at radius 3 is 2.20 bits per heavy atom. The summed E-state index contributed by atoms with van der Waals surface area (Å²) in [4.78, 5) is 46.8. The summed E-state index contributed by atoms with van der Waals surface area (Å²) in [5.41, 5.74) is -0.596. The summed E-state index contributed by atoms with van der Waals surface area (Å²) in [7, 11) is 0. The van der Waals surface area contributed by atoms with Gasteiger partial charge in [0.15, 0.2) is 0 Å². The highest BCUT2D eigenvalue weighted by atomic mass is 16.6. The molecule has 1 atom stereocenters. The van der Waals surface area contributed by atoms with Gasteiger partial charge in [-0.05, 0) is 17.7 Å². The van der Waals surface area contributed by atoms with Crippen molar-refractivity contribution in [3.63, 3.8) is 0 Å². The quantitative estimate of drug-likeness (QED) is 0.238. The van der Waals surface area contributed by atoms with E-state index in [0.717, 1.165) is 17.0 Å². The van der Waals surface area contributed by atoms with Crippen LogP contribution in [0.2, 0.25) is 0 Å². The lowest BCUT2D eigenvalue weighted by Crippen LogP contribution is -2.32. The zero-order valence-corrected chi connectivity index (χ0v) is 15.3. The van der Waals surface area contributed by atoms with Crippen LogP contribution in [0.15, 0.2) is 54.1 Å². The second-order valence-electron chi connectivity index (χ2n) is 6.37. The summed E-state index contributed by atoms with van der Waals surface area (Å²) in [5.74, 6) is -2.60. The van der Waals surface area contributed by atoms with Crippen molar-refractivity contribution in [1.82, 2.24) is 4.90 Å². The maximum Gasteiger partial charge on any atom is 0.295 e. The second-order valence-corrected chi connectivity index (χ2v) is 6.37. The number of likely N-dealkylation sites (tertiary alicyclic amines) is 1. The molecule has 0 spiro atoms. The number of amides is 1. The summed E-state index contributed by atoms with van der Waals surface area (Å²) in [6.07, 6.45) is 0. The van der Waals surface area contributed by atoms with Crippen molar-refractivity contribution in [1.29, 1.82) is 0 Å². The zero-order valence-electron chi connectivity index (χ0n) is 15.3. The molecule has 11 nitrogen and oxygen atoms in total. The SMILES string of the molecule is O=C1C(=O)N(CCO)[C@@H](c2cccc([N+](=O)[O-])c2)C1=C(O)c1ccc([N+](=O)[O-])cc1. The lowest BCUT2D eigenvalue weighted by atomic mass is 9.95. The van der Waals surface area contributed by atoms with Crippen molar-refractivity contribution in [2.75, 3.05) is 13.2 Å². The number of aliphatic hydroxyl groups excluding tert-OH is 2. The predicted octanol–water partition coefficient (Wildman–Crippen LogP) is 1.92. The Morgan fingerprint density at radius 2 is 1.63 bits per heavy atom. The molecule has 3 rings (SSSR count). The van der Waals surface area contributed by atoms with Gasteiger partial charge in [0, 0.05) is 36.4 Å². The van der Waals surface area contributed by atoms with Gasteiger partial charge in [-0.3, -0.25) is 29.8 Å². The zero-order chi connectivity index (χ0) is 22.0. The number of nitro groups is 2. The van der Waals surface area contributed by atoms with Gasteiger partial charge in [-0.25, -0.2) is 0 Å². The summed E-state index contributed by atoms with van der Waals surface area (Å²) in [5, 5.41) is 42.0. The third-order valence-electron chi connectivity index (χ3n) is 4.63. The highest BCUT2D eigenvalue weighted by Gasteiger charge is 2.46. The Balaban J connectivity index is 2.18. The van der Waals surface area contributed by atoms with Gasteiger partial charge < -0.3 is 15.1 Å². The summed E-state index contributed by atoms with van der Waals surface area (Å²) in [6.45, 7) is -0.717. The molecule has 1 saturated heterocycles. The number of Topliss-reactive ketones (excluding diaryl/α,β-unsaturated/α-hetero) is 1. The number of hydrogen-bond acceptors (Lipinski definition) is 8. The van der Waals surface area contributed by atoms with E-state index in [1.54, 1.807) is 0 Å². The molecule has 1 fully saturated rings. The highest BCUT2D eigenvalue weighted by molar-refractivity contribution is 6.46. The van der Waals surface area contributed by atoms with Crippen LogP contribution in [-0.4, -0.2) is 49.8 Å². The predicted molar refractivity (Wildman–Crippen MR) is 102 cm³/mol. The number of non-ortho nitro benzene ring substituents is 2. The van der Waals surface area contributed by atoms with Gasteiger partial charge in [-0.15, -0.1) is 0 Å². The lowest BCUT2D eigenvalue weighted by molar-refractivity contribution is -0.385. The number of nitro benzene ring substituents is 2. The van der Waals surface area contributed by atoms with E-state index in [9.17, 15) is 40.0 Å². The number of nitrogens with zero attached hydrogens (tertiary/aromatic N) is 3. The maximum absolute atomic E-state index is 12.7. The monoisotopic (exact) mass is 413 g/mol. The smallest absolute Gasteiger partial charge is 0.295 e. The Kier molecular flexibility index (Phi) is 5.56. The molecule has 30 heavy (non-hydrogen) atoms. The number of rotatable bonds is 6. The van der Waals surface area contributed by atoms with E-state index in [2.05, 4.69) is 0 Å². The first kappa shape index (κ1) is 20.6. The number of carbonyl (C=O) groups is 2. The third-order valence-corrected chi connectivity index (χ3v) is 4.63. The van der Waals surface area contributed by atoms with Crippen molar-refractivity contribution in [2.24, 2.45) is 0 Å². The molecular formula is C19H15N3O8. The first-order valence-electron chi connectivity index (χ1n) is 8.64. The van der Waals surface area contributed by atoms with Gasteiger partial charge in [0.1, 0.15) is 5.76 Å². The molecule has 154 valence electrons. The van der Waals surface area contributed by atoms with Crippen LogP contribution >= 0.6 is 0 Å². The molecule has 2 aromatic rings. The van der Waals surface area contributed by atoms with E-state index in [1.165, 1.54) is 36.4 Å². The number of β-amino-alcohol motifs (C(OH)–C–C–N with tert-alkyl or cyclic N) is 1. The van der Waals surface area contributed by atoms with Crippen molar-refractivity contribution < 1.29 is 29.6 Å². The fraction of sp³-hybridized carbons (Fsp3) is 0.158. The van der Waals surface area contributed by atoms with Gasteiger partial charge in [0.25, 0.3) is 23.1 Å². The first-order valence-corrected chi connectivity index (χ1v) is 8.64. The number of ketones is 1. The van der Waals surface area contributed by atoms with E-state index in [0.29, 0.717) is 0 Å². The minimum Gasteiger partial charge on any atom is -0.507 e. The largest absolute Gasteiger partial charge is 0.507 e. The van der Waals surface area contributed by atoms with Gasteiger partial charge in [0.05, 0.1) is 28.1 Å². The van der Waals surface area contributed by atoms with Crippen LogP contribution in [0.1, 0.15) is 17.2 Å². The minimum absolute atomic E-state index is 0.0537. The molecular weight excluding hydrogens is 398 g/mol. The van der Waals surface area contributed by atoms with Crippen LogP contribution in [0.5, 0.6) is 0 Å². The molecule has 2 N–H and O–H groups in total. The van der Waals surface area contributed by atoms with Crippen LogP contribution in [-0.2, 0) is 9.59 Å². The molecule has 1 aliphatic heterocycles. The molecule has 1 amide bonds. The van der Waals surface area contributed by atoms with Crippen molar-refractivity contribution in [3.8, 4) is 0 Å². The second kappa shape index (κ2) is 8.09. The van der Waals surface area contributed by atoms with Crippen molar-refractivity contribution in [2.45, 2.75) is 6.04 Å². The van der Waals surface area contributed by atoms with Gasteiger partial charge >= 0.3 is 0 Å². The highest BCUT2D eigenvalue weighted by Crippen LogP contribution is 2.40. The normalized spacial score (nSPS) is 17.9. The van der Waals surface area contributed by atoms with Crippen LogP contribution in [0.3, 0.4) is 0 Å². The number of hydrogen-bond donors (Lipinski definition) is 2. The van der Waals surface area contributed by atoms with Crippen LogP contribution < -0.4 is 0 Å². The van der Waals surface area contributed by atoms with Gasteiger partial charge in [0.2, 0.25) is 0 Å². The number of benzene rings is 2. The van der Waals surface area contributed by atoms with Crippen LogP contribution in [0.4, 0.5) is 11.4 Å². The Hall–Kier alpha value is -4.12. The van der Waals surface area contributed by atoms with Crippen LogP contribution in [0, 0.1) is 20.2 Å². The van der Waals surface area contributed by atoms with E-state index >= 15 is 0 Å². The molecule has 1 aliphatic rings. The molecule has 0 aliphatic carbocycles. The fourth-order valence-corrected chi connectivity index (χ4v) is 3.27. The van der Waals surface area contributed by atoms with Gasteiger partial charge in [-0.2, -0.15) is 0 Å². The topological polar surface area (TPSA) is 164 Å². The Labute approximate surface area is 168 Å². The standard InChI is InChI=1S/C19H15N3O8/c23-9-8-20-16(12-2-1-3-14(10-12)22(29)30)15(18(25)19(20)26)17(24)11-4-6-13(7-5-11)21(27)28/h1-7,10,16,23-24H,8-9H2/t16-/m0/s1. The average Bonchev–Trinajstić information content (AvgIpc) is 2.98. The maximum atomic E-state index is 12.7. The summed E-state index contributed by atoms with van der Waals surface area (Å²) in [6, 6.07) is 8.75. The number of carbonyl (C=O) groups excluding carboxylic acids is 2. The van der Waals surface area contributed by atoms with E-state index < -0.39 is 39.9 Å². The van der Waals surface area contributed by atoms with E-state index in [1.807, 2.05) is 0 Å². The van der Waals surface area contributed by atoms with Crippen LogP contribution in [0.25, 0.3) is 5.76 Å². The van der Waals surface area contributed by atoms with E-state index in [-0.39, 0.29) is 34.6 Å². The number of aliphatic hydroxyl groups is 2. The average molecular weight is 413 g/mol. The van der Waals surface area contributed by atoms with Crippen molar-refractivity contribution >= 4 is 28.8 Å². The molecule has 2 aromatic carbocycles. The van der Waals surface area contributed by atoms with E-state index in [4.69, 9.17) is 0 Å². The minimum atomic E-state index is -1.17. The summed E-state index contributed by atoms with van der Waals surface area (Å²) < 4.78 is 0. The molecule has 1 heterocycles. The van der Waals surface area contributed by atoms with Crippen molar-refractivity contribution in [3.05, 3.63) is 85.5 Å². The fourth-order valence-electron chi connectivity index (χ4n) is 3.27. The lowest BCUT2D eigenvalue weighted by Gasteiger charge is -2.24. The third kappa shape index (κ3) is 3.61. The Bertz CT molecular complexity index is 1080. The molecule has 0 radical (unpaired) electrons. The molecule has 0 unspecified atom stereocenters. The van der Waals surface area contributed by atoms with Gasteiger partial charge in [-0.1, -0.05) is 12.1 Å². The molecule has 0 aromatic heterocycles.